The third-order valence-corrected chi connectivity index (χ3v) is 5.59. The number of imide groups is 1. The van der Waals surface area contributed by atoms with Gasteiger partial charge >= 0.3 is 5.97 Å². The molecule has 0 spiro atoms. The van der Waals surface area contributed by atoms with E-state index < -0.39 is 29.5 Å². The van der Waals surface area contributed by atoms with Crippen molar-refractivity contribution in [3.63, 3.8) is 0 Å². The highest BCUT2D eigenvalue weighted by Gasteiger charge is 2.43. The van der Waals surface area contributed by atoms with Gasteiger partial charge in [0.1, 0.15) is 17.3 Å². The van der Waals surface area contributed by atoms with Crippen molar-refractivity contribution in [3.8, 4) is 11.5 Å². The molecular formula is C24H20FNO6. The van der Waals surface area contributed by atoms with Crippen LogP contribution in [0, 0.1) is 5.82 Å². The number of hydrogen-bond donors (Lipinski definition) is 2. The Morgan fingerprint density at radius 2 is 1.72 bits per heavy atom. The van der Waals surface area contributed by atoms with Gasteiger partial charge in [0.25, 0.3) is 11.8 Å². The SMILES string of the molecule is CCOc1c2c(c(O)c3ccccc13)C(=O)N(c1ccc(C(CC)C(=O)O)c(F)c1)C2=O. The topological polar surface area (TPSA) is 104 Å². The van der Waals surface area contributed by atoms with Crippen LogP contribution in [-0.4, -0.2) is 34.6 Å². The Morgan fingerprint density at radius 3 is 2.31 bits per heavy atom. The summed E-state index contributed by atoms with van der Waals surface area (Å²) in [6.07, 6.45) is 0.177. The molecule has 1 atom stereocenters. The first kappa shape index (κ1) is 21.3. The fourth-order valence-corrected chi connectivity index (χ4v) is 4.11. The van der Waals surface area contributed by atoms with Crippen molar-refractivity contribution in [2.24, 2.45) is 0 Å². The average molecular weight is 437 g/mol. The number of phenolic OH excluding ortho intramolecular Hbond substituents is 1. The lowest BCUT2D eigenvalue weighted by atomic mass is 9.96. The van der Waals surface area contributed by atoms with E-state index in [1.807, 2.05) is 0 Å². The third kappa shape index (κ3) is 3.07. The predicted octanol–water partition coefficient (Wildman–Crippen LogP) is 4.46. The maximum Gasteiger partial charge on any atom is 0.311 e. The number of anilines is 1. The van der Waals surface area contributed by atoms with E-state index in [1.165, 1.54) is 12.1 Å². The Kier molecular flexibility index (Phi) is 5.30. The van der Waals surface area contributed by atoms with Crippen molar-refractivity contribution in [1.29, 1.82) is 0 Å². The average Bonchev–Trinajstić information content (AvgIpc) is 3.03. The number of nitrogens with zero attached hydrogens (tertiary/aromatic N) is 1. The van der Waals surface area contributed by atoms with Gasteiger partial charge in [0.15, 0.2) is 0 Å². The predicted molar refractivity (Wildman–Crippen MR) is 115 cm³/mol. The third-order valence-electron chi connectivity index (χ3n) is 5.59. The number of hydrogen-bond acceptors (Lipinski definition) is 5. The number of benzene rings is 3. The van der Waals surface area contributed by atoms with Crippen molar-refractivity contribution < 1.29 is 33.7 Å². The molecule has 0 aliphatic carbocycles. The molecule has 4 rings (SSSR count). The van der Waals surface area contributed by atoms with E-state index in [-0.39, 0.29) is 46.9 Å². The first-order valence-electron chi connectivity index (χ1n) is 10.1. The van der Waals surface area contributed by atoms with Crippen molar-refractivity contribution in [2.45, 2.75) is 26.2 Å². The minimum absolute atomic E-state index is 0.0380. The first-order chi connectivity index (χ1) is 15.3. The standard InChI is InChI=1S/C24H20FNO6/c1-3-13(24(30)31)14-10-9-12(11-17(14)25)26-22(28)18-19(23(26)29)21(32-4-2)16-8-6-5-7-15(16)20(18)27/h5-11,13,27H,3-4H2,1-2H3,(H,30,31). The summed E-state index contributed by atoms with van der Waals surface area (Å²) in [6, 6.07) is 10.2. The number of aromatic hydroxyl groups is 1. The van der Waals surface area contributed by atoms with E-state index in [0.717, 1.165) is 11.0 Å². The summed E-state index contributed by atoms with van der Waals surface area (Å²) >= 11 is 0. The van der Waals surface area contributed by atoms with Crippen LogP contribution < -0.4 is 9.64 Å². The van der Waals surface area contributed by atoms with Crippen LogP contribution in [0.5, 0.6) is 11.5 Å². The van der Waals surface area contributed by atoms with Crippen LogP contribution in [0.2, 0.25) is 0 Å². The molecule has 1 heterocycles. The Bertz CT molecular complexity index is 1290. The van der Waals surface area contributed by atoms with E-state index in [4.69, 9.17) is 4.74 Å². The molecule has 3 aromatic rings. The molecular weight excluding hydrogens is 417 g/mol. The van der Waals surface area contributed by atoms with Gasteiger partial charge in [-0.25, -0.2) is 9.29 Å². The smallest absolute Gasteiger partial charge is 0.311 e. The van der Waals surface area contributed by atoms with Gasteiger partial charge < -0.3 is 14.9 Å². The van der Waals surface area contributed by atoms with Gasteiger partial charge in [0.2, 0.25) is 0 Å². The number of carboxylic acid groups (broad SMARTS) is 1. The maximum absolute atomic E-state index is 14.8. The zero-order valence-electron chi connectivity index (χ0n) is 17.4. The van der Waals surface area contributed by atoms with Gasteiger partial charge in [0, 0.05) is 16.3 Å². The second-order valence-corrected chi connectivity index (χ2v) is 7.36. The van der Waals surface area contributed by atoms with Crippen LogP contribution in [0.4, 0.5) is 10.1 Å². The molecule has 2 N–H and O–H groups in total. The number of rotatable bonds is 6. The molecule has 0 saturated heterocycles. The highest BCUT2D eigenvalue weighted by molar-refractivity contribution is 6.38. The second-order valence-electron chi connectivity index (χ2n) is 7.36. The van der Waals surface area contributed by atoms with Gasteiger partial charge in [0.05, 0.1) is 29.3 Å². The highest BCUT2D eigenvalue weighted by atomic mass is 19.1. The fourth-order valence-electron chi connectivity index (χ4n) is 4.11. The van der Waals surface area contributed by atoms with Crippen molar-refractivity contribution >= 4 is 34.2 Å². The minimum Gasteiger partial charge on any atom is -0.506 e. The molecule has 3 aromatic carbocycles. The summed E-state index contributed by atoms with van der Waals surface area (Å²) in [4.78, 5) is 38.7. The lowest BCUT2D eigenvalue weighted by Crippen LogP contribution is -2.29. The quantitative estimate of drug-likeness (QED) is 0.552. The summed E-state index contributed by atoms with van der Waals surface area (Å²) in [5.74, 6) is -4.81. The molecule has 0 radical (unpaired) electrons. The van der Waals surface area contributed by atoms with Crippen LogP contribution in [0.25, 0.3) is 10.8 Å². The lowest BCUT2D eigenvalue weighted by molar-refractivity contribution is -0.138. The van der Waals surface area contributed by atoms with Crippen molar-refractivity contribution in [1.82, 2.24) is 0 Å². The number of halogens is 1. The van der Waals surface area contributed by atoms with Gasteiger partial charge in [-0.2, -0.15) is 0 Å². The number of ether oxygens (including phenoxy) is 1. The van der Waals surface area contributed by atoms with Crippen LogP contribution in [0.15, 0.2) is 42.5 Å². The second kappa shape index (κ2) is 7.96. The van der Waals surface area contributed by atoms with E-state index in [0.29, 0.717) is 10.8 Å². The van der Waals surface area contributed by atoms with Crippen LogP contribution >= 0.6 is 0 Å². The minimum atomic E-state index is -1.17. The zero-order valence-corrected chi connectivity index (χ0v) is 17.4. The molecule has 0 bridgehead atoms. The zero-order chi connectivity index (χ0) is 23.2. The monoisotopic (exact) mass is 437 g/mol. The molecule has 2 amide bonds. The molecule has 7 nitrogen and oxygen atoms in total. The maximum atomic E-state index is 14.8. The van der Waals surface area contributed by atoms with E-state index >= 15 is 0 Å². The molecule has 0 aromatic heterocycles. The van der Waals surface area contributed by atoms with Crippen molar-refractivity contribution in [3.05, 3.63) is 65.0 Å². The van der Waals surface area contributed by atoms with E-state index in [1.54, 1.807) is 38.1 Å². The molecule has 1 aliphatic heterocycles. The Morgan fingerprint density at radius 1 is 1.06 bits per heavy atom. The van der Waals surface area contributed by atoms with Gasteiger partial charge in [-0.15, -0.1) is 0 Å². The largest absolute Gasteiger partial charge is 0.506 e. The molecule has 1 aliphatic rings. The number of fused-ring (bicyclic) bond motifs is 2. The van der Waals surface area contributed by atoms with Crippen LogP contribution in [-0.2, 0) is 4.79 Å². The van der Waals surface area contributed by atoms with Crippen molar-refractivity contribution in [2.75, 3.05) is 11.5 Å². The Hall–Kier alpha value is -3.94. The summed E-state index contributed by atoms with van der Waals surface area (Å²) < 4.78 is 20.5. The van der Waals surface area contributed by atoms with Gasteiger partial charge in [-0.1, -0.05) is 37.3 Å². The summed E-state index contributed by atoms with van der Waals surface area (Å²) in [7, 11) is 0. The van der Waals surface area contributed by atoms with Gasteiger partial charge in [-0.05, 0) is 25.5 Å². The molecule has 1 unspecified atom stereocenters. The van der Waals surface area contributed by atoms with E-state index in [2.05, 4.69) is 0 Å². The molecule has 32 heavy (non-hydrogen) atoms. The number of carboxylic acids is 1. The summed E-state index contributed by atoms with van der Waals surface area (Å²) in [6.45, 7) is 3.58. The molecule has 8 heteroatoms. The Balaban J connectivity index is 1.87. The van der Waals surface area contributed by atoms with E-state index in [9.17, 15) is 29.0 Å². The fraction of sp³-hybridized carbons (Fsp3) is 0.208. The number of amides is 2. The number of aliphatic carboxylic acids is 1. The number of carbonyl (C=O) groups excluding carboxylic acids is 2. The number of carbonyl (C=O) groups is 3. The lowest BCUT2D eigenvalue weighted by Gasteiger charge is -2.17. The van der Waals surface area contributed by atoms with Crippen LogP contribution in [0.1, 0.15) is 52.5 Å². The van der Waals surface area contributed by atoms with Crippen LogP contribution in [0.3, 0.4) is 0 Å². The highest BCUT2D eigenvalue weighted by Crippen LogP contribution is 2.45. The first-order valence-corrected chi connectivity index (χ1v) is 10.1. The number of phenols is 1. The van der Waals surface area contributed by atoms with Gasteiger partial charge in [-0.3, -0.25) is 14.4 Å². The molecule has 0 fully saturated rings. The normalized spacial score (nSPS) is 14.0. The molecule has 0 saturated carbocycles. The molecule has 164 valence electrons. The summed E-state index contributed by atoms with van der Waals surface area (Å²) in [5, 5.41) is 20.9. The summed E-state index contributed by atoms with van der Waals surface area (Å²) in [5.41, 5.74) is -0.402. The Labute approximate surface area is 182 Å².